The van der Waals surface area contributed by atoms with Gasteiger partial charge in [0.05, 0.1) is 0 Å². The molecule has 0 saturated heterocycles. The molecule has 0 aliphatic heterocycles. The number of hydrogen-bond donors (Lipinski definition) is 3. The smallest absolute Gasteiger partial charge is 0.418 e. The minimum Gasteiger partial charge on any atom is -0.418 e. The third-order valence-corrected chi connectivity index (χ3v) is 7.56. The van der Waals surface area contributed by atoms with Gasteiger partial charge in [-0.3, -0.25) is 0 Å². The van der Waals surface area contributed by atoms with Gasteiger partial charge in [0, 0.05) is 18.1 Å². The molecule has 0 amide bonds. The van der Waals surface area contributed by atoms with E-state index in [1.54, 1.807) is 0 Å². The van der Waals surface area contributed by atoms with E-state index in [2.05, 4.69) is 63.7 Å². The van der Waals surface area contributed by atoms with E-state index in [0.29, 0.717) is 18.1 Å². The third kappa shape index (κ3) is 17.5. The van der Waals surface area contributed by atoms with Crippen molar-refractivity contribution in [3.05, 3.63) is 0 Å². The fourth-order valence-corrected chi connectivity index (χ4v) is 6.42. The van der Waals surface area contributed by atoms with Crippen molar-refractivity contribution in [3.8, 4) is 0 Å². The molecule has 0 radical (unpaired) electrons. The minimum absolute atomic E-state index is 0.575. The highest BCUT2D eigenvalue weighted by molar-refractivity contribution is 7.70. The zero-order valence-electron chi connectivity index (χ0n) is 17.7. The maximum atomic E-state index is 9.75. The first-order chi connectivity index (χ1) is 11.9. The van der Waals surface area contributed by atoms with E-state index in [4.69, 9.17) is 0 Å². The Kier molecular flexibility index (Phi) is 16.4. The molecular formula is C17H41BF4N3P. The van der Waals surface area contributed by atoms with Crippen LogP contribution in [0.3, 0.4) is 0 Å². The van der Waals surface area contributed by atoms with Crippen LogP contribution in [0.15, 0.2) is 0 Å². The van der Waals surface area contributed by atoms with Crippen LogP contribution in [0.2, 0.25) is 0 Å². The quantitative estimate of drug-likeness (QED) is 0.188. The topological polar surface area (TPSA) is 36.1 Å². The fourth-order valence-electron chi connectivity index (χ4n) is 3.01. The molecule has 0 heterocycles. The molecule has 0 aliphatic rings. The molecule has 3 atom stereocenters. The van der Waals surface area contributed by atoms with Crippen LogP contribution >= 0.6 is 7.71 Å². The number of nitrogens with one attached hydrogen (secondary N) is 3. The molecule has 0 saturated carbocycles. The average molecular weight is 405 g/mol. The summed E-state index contributed by atoms with van der Waals surface area (Å²) in [5.74, 6) is 0. The van der Waals surface area contributed by atoms with Crippen LogP contribution in [0, 0.1) is 0 Å². The fraction of sp³-hybridized carbons (Fsp3) is 1.00. The number of hydrogen-bond acceptors (Lipinski definition) is 3. The van der Waals surface area contributed by atoms with E-state index in [1.165, 1.54) is 38.5 Å². The summed E-state index contributed by atoms with van der Waals surface area (Å²) in [5, 5.41) is 11.8. The molecule has 26 heavy (non-hydrogen) atoms. The van der Waals surface area contributed by atoms with Crippen molar-refractivity contribution in [2.24, 2.45) is 0 Å². The standard InChI is InChI=1S/C17H41N3P.BF4/c1-8-12-15(5)18-21(11-4,19-16(6)13-9-2)20-17(7)14-10-3;2-1(3,4)5/h15-20H,8-14H2,1-7H3;/q+1;-1. The molecule has 0 aromatic heterocycles. The van der Waals surface area contributed by atoms with Crippen molar-refractivity contribution in [2.45, 2.75) is 105 Å². The lowest BCUT2D eigenvalue weighted by Gasteiger charge is -2.34. The SMILES string of the molecule is CCCC(C)N[P+](CC)(NC(C)CCC)NC(C)CCC.F[B-](F)(F)F. The summed E-state index contributed by atoms with van der Waals surface area (Å²) in [5.41, 5.74) is 0. The first kappa shape index (κ1) is 28.3. The molecule has 0 rings (SSSR count). The second kappa shape index (κ2) is 15.1. The molecule has 160 valence electrons. The molecule has 0 spiro atoms. The summed E-state index contributed by atoms with van der Waals surface area (Å²) in [6, 6.07) is 1.72. The molecule has 3 unspecified atom stereocenters. The van der Waals surface area contributed by atoms with Crippen molar-refractivity contribution >= 4 is 15.0 Å². The molecule has 3 nitrogen and oxygen atoms in total. The second-order valence-electron chi connectivity index (χ2n) is 7.08. The molecule has 0 aliphatic carbocycles. The van der Waals surface area contributed by atoms with Gasteiger partial charge in [-0.05, 0) is 47.0 Å². The highest BCUT2D eigenvalue weighted by atomic mass is 31.2. The normalized spacial score (nSPS) is 17.7. The van der Waals surface area contributed by atoms with Gasteiger partial charge < -0.3 is 17.3 Å². The lowest BCUT2D eigenvalue weighted by molar-refractivity contribution is 0.368. The second-order valence-corrected chi connectivity index (χ2v) is 10.1. The first-order valence-corrected chi connectivity index (χ1v) is 12.0. The van der Waals surface area contributed by atoms with Gasteiger partial charge in [0.25, 0.3) is 0 Å². The Hall–Kier alpha value is 0.0949. The molecule has 0 fully saturated rings. The summed E-state index contributed by atoms with van der Waals surface area (Å²) >= 11 is 0. The van der Waals surface area contributed by atoms with Gasteiger partial charge in [0.15, 0.2) is 0 Å². The highest BCUT2D eigenvalue weighted by Gasteiger charge is 2.40. The summed E-state index contributed by atoms with van der Waals surface area (Å²) in [7, 11) is -7.48. The van der Waals surface area contributed by atoms with E-state index < -0.39 is 15.0 Å². The Morgan fingerprint density at radius 2 is 0.885 bits per heavy atom. The third-order valence-electron chi connectivity index (χ3n) is 3.96. The van der Waals surface area contributed by atoms with Crippen molar-refractivity contribution in [1.82, 2.24) is 15.3 Å². The highest BCUT2D eigenvalue weighted by Crippen LogP contribution is 2.48. The monoisotopic (exact) mass is 405 g/mol. The lowest BCUT2D eigenvalue weighted by Crippen LogP contribution is -2.48. The van der Waals surface area contributed by atoms with Gasteiger partial charge >= 0.3 is 7.25 Å². The van der Waals surface area contributed by atoms with Gasteiger partial charge in [0.2, 0.25) is 7.71 Å². The van der Waals surface area contributed by atoms with Crippen LogP contribution in [0.25, 0.3) is 0 Å². The summed E-state index contributed by atoms with van der Waals surface area (Å²) in [6.45, 7) is 16.1. The summed E-state index contributed by atoms with van der Waals surface area (Å²) < 4.78 is 39.0. The van der Waals surface area contributed by atoms with Gasteiger partial charge in [-0.15, -0.1) is 0 Å². The lowest BCUT2D eigenvalue weighted by atomic mass is 10.2. The van der Waals surface area contributed by atoms with Crippen molar-refractivity contribution in [3.63, 3.8) is 0 Å². The molecular weight excluding hydrogens is 364 g/mol. The van der Waals surface area contributed by atoms with Gasteiger partial charge in [-0.25, -0.2) is 0 Å². The molecule has 0 aromatic carbocycles. The molecule has 0 bridgehead atoms. The van der Waals surface area contributed by atoms with E-state index >= 15 is 0 Å². The maximum Gasteiger partial charge on any atom is 0.673 e. The van der Waals surface area contributed by atoms with Gasteiger partial charge in [0.1, 0.15) is 6.16 Å². The van der Waals surface area contributed by atoms with Crippen LogP contribution in [0.5, 0.6) is 0 Å². The molecule has 3 N–H and O–H groups in total. The van der Waals surface area contributed by atoms with E-state index in [-0.39, 0.29) is 0 Å². The Balaban J connectivity index is 0. The zero-order chi connectivity index (χ0) is 20.8. The Morgan fingerprint density at radius 3 is 1.04 bits per heavy atom. The van der Waals surface area contributed by atoms with E-state index in [1.807, 2.05) is 0 Å². The van der Waals surface area contributed by atoms with Crippen LogP contribution in [-0.2, 0) is 0 Å². The average Bonchev–Trinajstić information content (AvgIpc) is 2.45. The van der Waals surface area contributed by atoms with Crippen molar-refractivity contribution in [1.29, 1.82) is 0 Å². The number of rotatable bonds is 13. The first-order valence-electron chi connectivity index (χ1n) is 10.0. The summed E-state index contributed by atoms with van der Waals surface area (Å²) in [4.78, 5) is 0. The zero-order valence-corrected chi connectivity index (χ0v) is 18.6. The van der Waals surface area contributed by atoms with Gasteiger partial charge in [-0.1, -0.05) is 40.0 Å². The number of halogens is 4. The molecule has 0 aromatic rings. The minimum atomic E-state index is -6.00. The predicted octanol–water partition coefficient (Wildman–Crippen LogP) is 6.40. The van der Waals surface area contributed by atoms with Crippen LogP contribution in [0.4, 0.5) is 17.3 Å². The van der Waals surface area contributed by atoms with Gasteiger partial charge in [-0.2, -0.15) is 15.3 Å². The predicted molar refractivity (Wildman–Crippen MR) is 110 cm³/mol. The van der Waals surface area contributed by atoms with Crippen LogP contribution < -0.4 is 15.3 Å². The molecule has 9 heteroatoms. The Morgan fingerprint density at radius 1 is 0.654 bits per heavy atom. The van der Waals surface area contributed by atoms with Crippen LogP contribution in [0.1, 0.15) is 87.0 Å². The Bertz CT molecular complexity index is 294. The van der Waals surface area contributed by atoms with E-state index in [0.717, 1.165) is 6.16 Å². The summed E-state index contributed by atoms with van der Waals surface area (Å²) in [6.07, 6.45) is 8.62. The van der Waals surface area contributed by atoms with Crippen molar-refractivity contribution < 1.29 is 17.3 Å². The van der Waals surface area contributed by atoms with Crippen molar-refractivity contribution in [2.75, 3.05) is 6.16 Å². The van der Waals surface area contributed by atoms with E-state index in [9.17, 15) is 17.3 Å². The maximum absolute atomic E-state index is 9.75. The Labute approximate surface area is 159 Å². The largest absolute Gasteiger partial charge is 0.673 e. The van der Waals surface area contributed by atoms with Crippen LogP contribution in [-0.4, -0.2) is 31.5 Å².